The molecule has 0 unspecified atom stereocenters. The number of nitrogens with one attached hydrogen (secondary N) is 2. The van der Waals surface area contributed by atoms with Crippen molar-refractivity contribution in [2.75, 3.05) is 5.32 Å². The van der Waals surface area contributed by atoms with E-state index in [-0.39, 0.29) is 16.5 Å². The number of carboxylic acid groups (broad SMARTS) is 1. The van der Waals surface area contributed by atoms with E-state index in [1.807, 2.05) is 44.2 Å². The van der Waals surface area contributed by atoms with Crippen LogP contribution < -0.4 is 10.0 Å². The van der Waals surface area contributed by atoms with Gasteiger partial charge in [0.1, 0.15) is 4.90 Å². The summed E-state index contributed by atoms with van der Waals surface area (Å²) in [6.07, 6.45) is 0. The first-order valence-electron chi connectivity index (χ1n) is 7.92. The molecule has 0 aliphatic rings. The van der Waals surface area contributed by atoms with E-state index in [1.165, 1.54) is 18.2 Å². The van der Waals surface area contributed by atoms with Crippen LogP contribution >= 0.6 is 0 Å². The van der Waals surface area contributed by atoms with Crippen molar-refractivity contribution < 1.29 is 18.3 Å². The molecule has 0 spiro atoms. The Hall–Kier alpha value is -2.38. The lowest BCUT2D eigenvalue weighted by molar-refractivity contribution is 0.0696. The van der Waals surface area contributed by atoms with Crippen molar-refractivity contribution >= 4 is 21.7 Å². The lowest BCUT2D eigenvalue weighted by Crippen LogP contribution is -2.28. The molecule has 0 aliphatic carbocycles. The Morgan fingerprint density at radius 3 is 2.24 bits per heavy atom. The second kappa shape index (κ2) is 7.67. The first-order chi connectivity index (χ1) is 11.7. The summed E-state index contributed by atoms with van der Waals surface area (Å²) in [5.41, 5.74) is 1.11. The molecule has 7 heteroatoms. The molecule has 0 radical (unpaired) electrons. The Balaban J connectivity index is 2.42. The molecule has 0 heterocycles. The molecular weight excluding hydrogens is 340 g/mol. The lowest BCUT2D eigenvalue weighted by atomic mass is 10.1. The molecule has 25 heavy (non-hydrogen) atoms. The highest BCUT2D eigenvalue weighted by Crippen LogP contribution is 2.25. The van der Waals surface area contributed by atoms with Gasteiger partial charge in [-0.15, -0.1) is 0 Å². The second-order valence-electron chi connectivity index (χ2n) is 6.07. The zero-order valence-electron chi connectivity index (χ0n) is 14.4. The average Bonchev–Trinajstić information content (AvgIpc) is 2.54. The van der Waals surface area contributed by atoms with Crippen molar-refractivity contribution in [1.82, 2.24) is 4.72 Å². The predicted molar refractivity (Wildman–Crippen MR) is 97.3 cm³/mol. The highest BCUT2D eigenvalue weighted by atomic mass is 32.2. The van der Waals surface area contributed by atoms with E-state index in [0.29, 0.717) is 5.69 Å². The van der Waals surface area contributed by atoms with E-state index in [4.69, 9.17) is 0 Å². The maximum absolute atomic E-state index is 12.8. The van der Waals surface area contributed by atoms with Gasteiger partial charge in [0.15, 0.2) is 0 Å². The number of carbonyl (C=O) groups is 1. The Bertz CT molecular complexity index is 849. The van der Waals surface area contributed by atoms with Crippen LogP contribution in [0.5, 0.6) is 0 Å². The van der Waals surface area contributed by atoms with Gasteiger partial charge in [-0.1, -0.05) is 30.3 Å². The molecule has 0 amide bonds. The van der Waals surface area contributed by atoms with Crippen molar-refractivity contribution in [3.63, 3.8) is 0 Å². The number of sulfonamides is 1. The number of hydrogen-bond donors (Lipinski definition) is 3. The molecule has 0 saturated carbocycles. The summed E-state index contributed by atoms with van der Waals surface area (Å²) in [5.74, 6) is -1.18. The van der Waals surface area contributed by atoms with Crippen LogP contribution in [0.3, 0.4) is 0 Å². The number of hydrogen-bond acceptors (Lipinski definition) is 4. The van der Waals surface area contributed by atoms with Gasteiger partial charge in [0.05, 0.1) is 11.3 Å². The predicted octanol–water partition coefficient (Wildman–Crippen LogP) is 3.24. The Kier molecular flexibility index (Phi) is 5.81. The van der Waals surface area contributed by atoms with Gasteiger partial charge in [-0.25, -0.2) is 17.9 Å². The maximum atomic E-state index is 12.8. The van der Waals surface area contributed by atoms with Crippen LogP contribution in [0.2, 0.25) is 0 Å². The van der Waals surface area contributed by atoms with Gasteiger partial charge in [0.2, 0.25) is 10.0 Å². The lowest BCUT2D eigenvalue weighted by Gasteiger charge is -2.19. The SMILES string of the molecule is CC(C)Nc1ccc(C(=O)O)cc1S(=O)(=O)N[C@@H](C)c1ccccc1. The molecule has 2 rings (SSSR count). The third kappa shape index (κ3) is 4.80. The summed E-state index contributed by atoms with van der Waals surface area (Å²) < 4.78 is 28.3. The summed E-state index contributed by atoms with van der Waals surface area (Å²) in [6, 6.07) is 12.7. The summed E-state index contributed by atoms with van der Waals surface area (Å²) >= 11 is 0. The summed E-state index contributed by atoms with van der Waals surface area (Å²) in [6.45, 7) is 5.49. The topological polar surface area (TPSA) is 95.5 Å². The highest BCUT2D eigenvalue weighted by Gasteiger charge is 2.23. The van der Waals surface area contributed by atoms with E-state index in [2.05, 4.69) is 10.0 Å². The quantitative estimate of drug-likeness (QED) is 0.703. The second-order valence-corrected chi connectivity index (χ2v) is 7.75. The Labute approximate surface area is 147 Å². The average molecular weight is 362 g/mol. The van der Waals surface area contributed by atoms with Gasteiger partial charge in [-0.2, -0.15) is 0 Å². The first-order valence-corrected chi connectivity index (χ1v) is 9.40. The van der Waals surface area contributed by atoms with Crippen molar-refractivity contribution in [1.29, 1.82) is 0 Å². The number of anilines is 1. The summed E-state index contributed by atoms with van der Waals surface area (Å²) in [5, 5.41) is 12.2. The van der Waals surface area contributed by atoms with Crippen LogP contribution in [0.1, 0.15) is 42.7 Å². The van der Waals surface area contributed by atoms with Gasteiger partial charge in [-0.05, 0) is 44.5 Å². The minimum atomic E-state index is -3.92. The third-order valence-corrected chi connectivity index (χ3v) is 5.17. The standard InChI is InChI=1S/C18H22N2O4S/c1-12(2)19-16-10-9-15(18(21)22)11-17(16)25(23,24)20-13(3)14-7-5-4-6-8-14/h4-13,19-20H,1-3H3,(H,21,22)/t13-/m0/s1. The van der Waals surface area contributed by atoms with Crippen LogP contribution in [0.25, 0.3) is 0 Å². The van der Waals surface area contributed by atoms with Crippen LogP contribution in [-0.2, 0) is 10.0 Å². The molecular formula is C18H22N2O4S. The van der Waals surface area contributed by atoms with Gasteiger partial charge in [-0.3, -0.25) is 0 Å². The van der Waals surface area contributed by atoms with Gasteiger partial charge >= 0.3 is 5.97 Å². The summed E-state index contributed by atoms with van der Waals surface area (Å²) in [4.78, 5) is 11.1. The molecule has 0 bridgehead atoms. The molecule has 2 aromatic rings. The molecule has 0 aromatic heterocycles. The first kappa shape index (κ1) is 19.0. The zero-order chi connectivity index (χ0) is 18.6. The Morgan fingerprint density at radius 1 is 1.04 bits per heavy atom. The smallest absolute Gasteiger partial charge is 0.335 e. The number of aromatic carboxylic acids is 1. The van der Waals surface area contributed by atoms with Crippen LogP contribution in [0, 0.1) is 0 Å². The van der Waals surface area contributed by atoms with E-state index in [0.717, 1.165) is 5.56 Å². The minimum Gasteiger partial charge on any atom is -0.478 e. The van der Waals surface area contributed by atoms with Gasteiger partial charge < -0.3 is 10.4 Å². The molecule has 0 fully saturated rings. The fraction of sp³-hybridized carbons (Fsp3) is 0.278. The largest absolute Gasteiger partial charge is 0.478 e. The van der Waals surface area contributed by atoms with Gasteiger partial charge in [0.25, 0.3) is 0 Å². The van der Waals surface area contributed by atoms with Crippen molar-refractivity contribution in [3.8, 4) is 0 Å². The molecule has 0 aliphatic heterocycles. The molecule has 3 N–H and O–H groups in total. The number of benzene rings is 2. The van der Waals surface area contributed by atoms with Gasteiger partial charge in [0, 0.05) is 12.1 Å². The maximum Gasteiger partial charge on any atom is 0.335 e. The van der Waals surface area contributed by atoms with E-state index in [9.17, 15) is 18.3 Å². The molecule has 2 aromatic carbocycles. The van der Waals surface area contributed by atoms with Crippen LogP contribution in [0.4, 0.5) is 5.69 Å². The van der Waals surface area contributed by atoms with E-state index in [1.54, 1.807) is 6.92 Å². The highest BCUT2D eigenvalue weighted by molar-refractivity contribution is 7.89. The molecule has 1 atom stereocenters. The van der Waals surface area contributed by atoms with Crippen molar-refractivity contribution in [2.45, 2.75) is 37.8 Å². The van der Waals surface area contributed by atoms with E-state index >= 15 is 0 Å². The zero-order valence-corrected chi connectivity index (χ0v) is 15.2. The number of rotatable bonds is 7. The normalized spacial score (nSPS) is 12.8. The molecule has 6 nitrogen and oxygen atoms in total. The number of carboxylic acids is 1. The van der Waals surface area contributed by atoms with Crippen molar-refractivity contribution in [2.24, 2.45) is 0 Å². The fourth-order valence-corrected chi connectivity index (χ4v) is 3.84. The molecule has 0 saturated heterocycles. The fourth-order valence-electron chi connectivity index (χ4n) is 2.41. The van der Waals surface area contributed by atoms with Crippen molar-refractivity contribution in [3.05, 3.63) is 59.7 Å². The van der Waals surface area contributed by atoms with Crippen LogP contribution in [0.15, 0.2) is 53.4 Å². The monoisotopic (exact) mass is 362 g/mol. The van der Waals surface area contributed by atoms with Crippen LogP contribution in [-0.4, -0.2) is 25.5 Å². The third-order valence-electron chi connectivity index (χ3n) is 3.59. The minimum absolute atomic E-state index is 0.00354. The van der Waals surface area contributed by atoms with E-state index < -0.39 is 22.0 Å². The summed E-state index contributed by atoms with van der Waals surface area (Å²) in [7, 11) is -3.92. The molecule has 134 valence electrons. The Morgan fingerprint density at radius 2 is 1.68 bits per heavy atom.